The zero-order valence-corrected chi connectivity index (χ0v) is 17.9. The Morgan fingerprint density at radius 2 is 1.72 bits per heavy atom. The molecule has 2 aromatic rings. The van der Waals surface area contributed by atoms with Crippen molar-refractivity contribution in [3.8, 4) is 11.4 Å². The van der Waals surface area contributed by atoms with Crippen LogP contribution in [0, 0.1) is 5.92 Å². The lowest BCUT2D eigenvalue weighted by Crippen LogP contribution is -2.41. The van der Waals surface area contributed by atoms with Gasteiger partial charge >= 0.3 is 0 Å². The summed E-state index contributed by atoms with van der Waals surface area (Å²) in [4.78, 5) is 21.5. The van der Waals surface area contributed by atoms with Gasteiger partial charge in [0.1, 0.15) is 0 Å². The van der Waals surface area contributed by atoms with Crippen LogP contribution in [0.1, 0.15) is 57.9 Å². The lowest BCUT2D eigenvalue weighted by atomic mass is 9.87. The van der Waals surface area contributed by atoms with Crippen molar-refractivity contribution in [1.82, 2.24) is 19.9 Å². The molecule has 29 heavy (non-hydrogen) atoms. The Balaban J connectivity index is 1.31. The number of aromatic nitrogens is 2. The van der Waals surface area contributed by atoms with Gasteiger partial charge in [0.05, 0.1) is 6.54 Å². The summed E-state index contributed by atoms with van der Waals surface area (Å²) in [6.07, 6.45) is 4.15. The Morgan fingerprint density at radius 1 is 1.07 bits per heavy atom. The quantitative estimate of drug-likeness (QED) is 0.785. The van der Waals surface area contributed by atoms with Gasteiger partial charge in [-0.3, -0.25) is 9.69 Å². The maximum atomic E-state index is 12.6. The Kier molecular flexibility index (Phi) is 5.72. The van der Waals surface area contributed by atoms with Crippen LogP contribution in [0.5, 0.6) is 0 Å². The Hall–Kier alpha value is -2.21. The molecule has 2 fully saturated rings. The first kappa shape index (κ1) is 20.1. The highest BCUT2D eigenvalue weighted by Crippen LogP contribution is 2.26. The predicted octanol–water partition coefficient (Wildman–Crippen LogP) is 3.87. The van der Waals surface area contributed by atoms with E-state index in [2.05, 4.69) is 65.0 Å². The van der Waals surface area contributed by atoms with Gasteiger partial charge in [0.15, 0.2) is 0 Å². The molecular weight excluding hydrogens is 364 g/mol. The molecule has 1 aromatic carbocycles. The van der Waals surface area contributed by atoms with E-state index in [1.54, 1.807) is 0 Å². The third kappa shape index (κ3) is 4.69. The minimum atomic E-state index is 0.128. The highest BCUT2D eigenvalue weighted by atomic mass is 16.5. The summed E-state index contributed by atoms with van der Waals surface area (Å²) < 4.78 is 5.50. The highest BCUT2D eigenvalue weighted by molar-refractivity contribution is 5.79. The summed E-state index contributed by atoms with van der Waals surface area (Å²) in [5, 5.41) is 4.17. The minimum absolute atomic E-state index is 0.128. The molecule has 4 rings (SSSR count). The molecule has 0 saturated carbocycles. The van der Waals surface area contributed by atoms with E-state index >= 15 is 0 Å². The zero-order chi connectivity index (χ0) is 20.4. The molecule has 1 amide bonds. The third-order valence-corrected chi connectivity index (χ3v) is 6.19. The van der Waals surface area contributed by atoms with Gasteiger partial charge in [0.25, 0.3) is 0 Å². The van der Waals surface area contributed by atoms with Gasteiger partial charge in [-0.2, -0.15) is 4.98 Å². The fraction of sp³-hybridized carbons (Fsp3) is 0.609. The van der Waals surface area contributed by atoms with E-state index in [9.17, 15) is 4.79 Å². The molecule has 0 atom stereocenters. The number of rotatable bonds is 4. The first-order valence-electron chi connectivity index (χ1n) is 10.8. The van der Waals surface area contributed by atoms with Crippen molar-refractivity contribution < 1.29 is 9.32 Å². The summed E-state index contributed by atoms with van der Waals surface area (Å²) in [6, 6.07) is 8.39. The van der Waals surface area contributed by atoms with Gasteiger partial charge < -0.3 is 9.42 Å². The van der Waals surface area contributed by atoms with Crippen LogP contribution in [0.3, 0.4) is 0 Å². The molecule has 0 radical (unpaired) electrons. The SMILES string of the molecule is CC(C)(C)c1ccc(-c2noc(CN3CCC(C(=O)N4CCCC4)CC3)n2)cc1. The Morgan fingerprint density at radius 3 is 2.34 bits per heavy atom. The number of benzene rings is 1. The van der Waals surface area contributed by atoms with Gasteiger partial charge in [0, 0.05) is 24.6 Å². The van der Waals surface area contributed by atoms with E-state index in [-0.39, 0.29) is 11.3 Å². The van der Waals surface area contributed by atoms with Crippen molar-refractivity contribution in [2.45, 2.75) is 58.4 Å². The van der Waals surface area contributed by atoms with Gasteiger partial charge in [-0.1, -0.05) is 50.2 Å². The molecule has 0 unspecified atom stereocenters. The molecule has 6 heteroatoms. The molecule has 2 aliphatic heterocycles. The first-order valence-corrected chi connectivity index (χ1v) is 10.8. The normalized spacial score (nSPS) is 19.1. The predicted molar refractivity (Wildman–Crippen MR) is 112 cm³/mol. The van der Waals surface area contributed by atoms with Gasteiger partial charge in [0.2, 0.25) is 17.6 Å². The van der Waals surface area contributed by atoms with Crippen molar-refractivity contribution in [1.29, 1.82) is 0 Å². The lowest BCUT2D eigenvalue weighted by Gasteiger charge is -2.32. The van der Waals surface area contributed by atoms with Gasteiger partial charge in [-0.25, -0.2) is 0 Å². The van der Waals surface area contributed by atoms with Gasteiger partial charge in [-0.05, 0) is 49.8 Å². The Bertz CT molecular complexity index is 823. The van der Waals surface area contributed by atoms with Crippen LogP contribution in [0.25, 0.3) is 11.4 Å². The fourth-order valence-corrected chi connectivity index (χ4v) is 4.28. The van der Waals surface area contributed by atoms with Crippen molar-refractivity contribution in [2.75, 3.05) is 26.2 Å². The Labute approximate surface area is 173 Å². The summed E-state index contributed by atoms with van der Waals surface area (Å²) in [6.45, 7) is 11.0. The fourth-order valence-electron chi connectivity index (χ4n) is 4.28. The average molecular weight is 397 g/mol. The number of hydrogen-bond donors (Lipinski definition) is 0. The van der Waals surface area contributed by atoms with E-state index in [0.29, 0.717) is 24.2 Å². The van der Waals surface area contributed by atoms with E-state index in [4.69, 9.17) is 4.52 Å². The number of piperidine rings is 1. The molecular formula is C23H32N4O2. The van der Waals surface area contributed by atoms with Crippen molar-refractivity contribution >= 4 is 5.91 Å². The van der Waals surface area contributed by atoms with Gasteiger partial charge in [-0.15, -0.1) is 0 Å². The van der Waals surface area contributed by atoms with Crippen LogP contribution in [0.2, 0.25) is 0 Å². The van der Waals surface area contributed by atoms with Crippen LogP contribution in [0.15, 0.2) is 28.8 Å². The number of likely N-dealkylation sites (tertiary alicyclic amines) is 2. The standard InChI is InChI=1S/C23H32N4O2/c1-23(2,3)19-8-6-17(7-9-19)21-24-20(29-25-21)16-26-14-10-18(11-15-26)22(28)27-12-4-5-13-27/h6-9,18H,4-5,10-16H2,1-3H3. The minimum Gasteiger partial charge on any atom is -0.342 e. The second-order valence-electron chi connectivity index (χ2n) is 9.42. The second kappa shape index (κ2) is 8.27. The molecule has 0 N–H and O–H groups in total. The number of hydrogen-bond acceptors (Lipinski definition) is 5. The molecule has 0 bridgehead atoms. The smallest absolute Gasteiger partial charge is 0.241 e. The molecule has 0 aliphatic carbocycles. The number of nitrogens with zero attached hydrogens (tertiary/aromatic N) is 4. The zero-order valence-electron chi connectivity index (χ0n) is 17.9. The van der Waals surface area contributed by atoms with Crippen LogP contribution in [-0.4, -0.2) is 52.0 Å². The average Bonchev–Trinajstić information content (AvgIpc) is 3.40. The lowest BCUT2D eigenvalue weighted by molar-refractivity contribution is -0.136. The number of carbonyl (C=O) groups excluding carboxylic acids is 1. The summed E-state index contributed by atoms with van der Waals surface area (Å²) >= 11 is 0. The molecule has 1 aromatic heterocycles. The summed E-state index contributed by atoms with van der Waals surface area (Å²) in [5.41, 5.74) is 2.39. The van der Waals surface area contributed by atoms with Crippen molar-refractivity contribution in [3.05, 3.63) is 35.7 Å². The summed E-state index contributed by atoms with van der Waals surface area (Å²) in [7, 11) is 0. The topological polar surface area (TPSA) is 62.5 Å². The second-order valence-corrected chi connectivity index (χ2v) is 9.42. The monoisotopic (exact) mass is 396 g/mol. The van der Waals surface area contributed by atoms with Crippen LogP contribution < -0.4 is 0 Å². The third-order valence-electron chi connectivity index (χ3n) is 6.19. The van der Waals surface area contributed by atoms with Crippen LogP contribution >= 0.6 is 0 Å². The summed E-state index contributed by atoms with van der Waals surface area (Å²) in [5.74, 6) is 1.83. The molecule has 2 aliphatic rings. The largest absolute Gasteiger partial charge is 0.342 e. The van der Waals surface area contributed by atoms with E-state index in [0.717, 1.165) is 57.4 Å². The van der Waals surface area contributed by atoms with Crippen molar-refractivity contribution in [3.63, 3.8) is 0 Å². The van der Waals surface area contributed by atoms with Crippen LogP contribution in [-0.2, 0) is 16.8 Å². The van der Waals surface area contributed by atoms with E-state index < -0.39 is 0 Å². The molecule has 156 valence electrons. The maximum absolute atomic E-state index is 12.6. The molecule has 2 saturated heterocycles. The maximum Gasteiger partial charge on any atom is 0.241 e. The van der Waals surface area contributed by atoms with E-state index in [1.165, 1.54) is 5.56 Å². The molecule has 3 heterocycles. The van der Waals surface area contributed by atoms with E-state index in [1.807, 2.05) is 0 Å². The molecule has 0 spiro atoms. The number of amides is 1. The van der Waals surface area contributed by atoms with Crippen LogP contribution in [0.4, 0.5) is 0 Å². The highest BCUT2D eigenvalue weighted by Gasteiger charge is 2.30. The first-order chi connectivity index (χ1) is 13.9. The molecule has 6 nitrogen and oxygen atoms in total. The number of carbonyl (C=O) groups is 1. The van der Waals surface area contributed by atoms with Crippen molar-refractivity contribution in [2.24, 2.45) is 5.92 Å².